The standard InChI is InChI=1S/C20H17NO/c22-20(21-15-16-7-2-1-3-8-16)14-13-18-11-6-10-17-9-4-5-12-19(17)18/h1-14H,15H2,(H,21,22). The van der Waals surface area contributed by atoms with E-state index in [4.69, 9.17) is 0 Å². The van der Waals surface area contributed by atoms with Crippen LogP contribution in [-0.4, -0.2) is 5.91 Å². The molecule has 0 aliphatic heterocycles. The largest absolute Gasteiger partial charge is 0.348 e. The topological polar surface area (TPSA) is 29.1 Å². The lowest BCUT2D eigenvalue weighted by atomic mass is 10.0. The Bertz CT molecular complexity index is 801. The minimum Gasteiger partial charge on any atom is -0.348 e. The van der Waals surface area contributed by atoms with Crippen molar-refractivity contribution in [1.29, 1.82) is 0 Å². The van der Waals surface area contributed by atoms with E-state index in [1.54, 1.807) is 6.08 Å². The van der Waals surface area contributed by atoms with Gasteiger partial charge in [0.25, 0.3) is 0 Å². The molecular weight excluding hydrogens is 270 g/mol. The third-order valence-corrected chi connectivity index (χ3v) is 3.55. The summed E-state index contributed by atoms with van der Waals surface area (Å²) in [6.07, 6.45) is 3.45. The van der Waals surface area contributed by atoms with Gasteiger partial charge in [0.1, 0.15) is 0 Å². The number of rotatable bonds is 4. The molecule has 0 aliphatic carbocycles. The highest BCUT2D eigenvalue weighted by molar-refractivity contribution is 5.96. The zero-order valence-corrected chi connectivity index (χ0v) is 12.2. The Morgan fingerprint density at radius 2 is 1.59 bits per heavy atom. The number of carbonyl (C=O) groups excluding carboxylic acids is 1. The number of hydrogen-bond donors (Lipinski definition) is 1. The van der Waals surface area contributed by atoms with Crippen LogP contribution in [0.15, 0.2) is 78.9 Å². The number of carbonyl (C=O) groups is 1. The molecule has 0 saturated carbocycles. The van der Waals surface area contributed by atoms with Gasteiger partial charge in [-0.05, 0) is 28.0 Å². The first kappa shape index (κ1) is 14.1. The van der Waals surface area contributed by atoms with Crippen LogP contribution in [0.1, 0.15) is 11.1 Å². The quantitative estimate of drug-likeness (QED) is 0.717. The summed E-state index contributed by atoms with van der Waals surface area (Å²) in [5, 5.41) is 5.22. The fourth-order valence-corrected chi connectivity index (χ4v) is 2.41. The van der Waals surface area contributed by atoms with Gasteiger partial charge in [0, 0.05) is 12.6 Å². The first-order chi connectivity index (χ1) is 10.8. The molecule has 0 fully saturated rings. The summed E-state index contributed by atoms with van der Waals surface area (Å²) in [5.41, 5.74) is 2.14. The molecule has 0 aliphatic rings. The van der Waals surface area contributed by atoms with Crippen molar-refractivity contribution in [3.63, 3.8) is 0 Å². The Kier molecular flexibility index (Phi) is 4.30. The van der Waals surface area contributed by atoms with Crippen LogP contribution in [0.3, 0.4) is 0 Å². The van der Waals surface area contributed by atoms with E-state index in [0.717, 1.165) is 16.5 Å². The first-order valence-electron chi connectivity index (χ1n) is 7.30. The second-order valence-electron chi connectivity index (χ2n) is 5.11. The minimum atomic E-state index is -0.0863. The highest BCUT2D eigenvalue weighted by Gasteiger charge is 1.99. The van der Waals surface area contributed by atoms with Crippen molar-refractivity contribution in [3.05, 3.63) is 90.0 Å². The van der Waals surface area contributed by atoms with Crippen molar-refractivity contribution in [2.75, 3.05) is 0 Å². The Morgan fingerprint density at radius 3 is 2.45 bits per heavy atom. The van der Waals surface area contributed by atoms with Gasteiger partial charge in [-0.2, -0.15) is 0 Å². The summed E-state index contributed by atoms with van der Waals surface area (Å²) >= 11 is 0. The summed E-state index contributed by atoms with van der Waals surface area (Å²) in [5.74, 6) is -0.0863. The SMILES string of the molecule is O=C(C=Cc1cccc2ccccc12)NCc1ccccc1. The summed E-state index contributed by atoms with van der Waals surface area (Å²) in [7, 11) is 0. The molecule has 1 amide bonds. The predicted octanol–water partition coefficient (Wildman–Crippen LogP) is 4.17. The Hall–Kier alpha value is -2.87. The Morgan fingerprint density at radius 1 is 0.864 bits per heavy atom. The predicted molar refractivity (Wildman–Crippen MR) is 91.3 cm³/mol. The van der Waals surface area contributed by atoms with Gasteiger partial charge in [0.15, 0.2) is 0 Å². The number of amides is 1. The van der Waals surface area contributed by atoms with E-state index >= 15 is 0 Å². The molecule has 1 N–H and O–H groups in total. The third kappa shape index (κ3) is 3.41. The molecule has 0 unspecified atom stereocenters. The monoisotopic (exact) mass is 287 g/mol. The Labute approximate surface area is 130 Å². The van der Waals surface area contributed by atoms with Crippen molar-refractivity contribution in [1.82, 2.24) is 5.32 Å². The number of hydrogen-bond acceptors (Lipinski definition) is 1. The van der Waals surface area contributed by atoms with Crippen molar-refractivity contribution in [3.8, 4) is 0 Å². The summed E-state index contributed by atoms with van der Waals surface area (Å²) in [4.78, 5) is 11.9. The van der Waals surface area contributed by atoms with E-state index in [1.165, 1.54) is 5.39 Å². The second kappa shape index (κ2) is 6.72. The first-order valence-corrected chi connectivity index (χ1v) is 7.30. The highest BCUT2D eigenvalue weighted by Crippen LogP contribution is 2.19. The fraction of sp³-hybridized carbons (Fsp3) is 0.0500. The van der Waals surface area contributed by atoms with Crippen LogP contribution in [-0.2, 0) is 11.3 Å². The van der Waals surface area contributed by atoms with Crippen molar-refractivity contribution >= 4 is 22.8 Å². The number of nitrogens with one attached hydrogen (secondary N) is 1. The molecule has 0 heterocycles. The smallest absolute Gasteiger partial charge is 0.244 e. The van der Waals surface area contributed by atoms with E-state index in [1.807, 2.05) is 60.7 Å². The maximum Gasteiger partial charge on any atom is 0.244 e. The molecule has 0 atom stereocenters. The van der Waals surface area contributed by atoms with Crippen LogP contribution in [0.5, 0.6) is 0 Å². The molecule has 3 rings (SSSR count). The molecule has 2 heteroatoms. The van der Waals surface area contributed by atoms with Gasteiger partial charge in [-0.1, -0.05) is 72.8 Å². The van der Waals surface area contributed by atoms with Crippen molar-refractivity contribution in [2.24, 2.45) is 0 Å². The molecule has 108 valence electrons. The van der Waals surface area contributed by atoms with E-state index in [2.05, 4.69) is 23.5 Å². The fourth-order valence-electron chi connectivity index (χ4n) is 2.41. The van der Waals surface area contributed by atoms with Crippen LogP contribution in [0.25, 0.3) is 16.8 Å². The van der Waals surface area contributed by atoms with Crippen LogP contribution in [0.2, 0.25) is 0 Å². The highest BCUT2D eigenvalue weighted by atomic mass is 16.1. The third-order valence-electron chi connectivity index (χ3n) is 3.55. The molecule has 2 nitrogen and oxygen atoms in total. The lowest BCUT2D eigenvalue weighted by Gasteiger charge is -2.03. The maximum absolute atomic E-state index is 11.9. The van der Waals surface area contributed by atoms with Gasteiger partial charge < -0.3 is 5.32 Å². The van der Waals surface area contributed by atoms with Gasteiger partial charge in [-0.15, -0.1) is 0 Å². The van der Waals surface area contributed by atoms with Crippen LogP contribution < -0.4 is 5.32 Å². The molecule has 0 bridgehead atoms. The zero-order valence-electron chi connectivity index (χ0n) is 12.2. The average molecular weight is 287 g/mol. The second-order valence-corrected chi connectivity index (χ2v) is 5.11. The minimum absolute atomic E-state index is 0.0863. The lowest BCUT2D eigenvalue weighted by Crippen LogP contribution is -2.20. The van der Waals surface area contributed by atoms with E-state index in [9.17, 15) is 4.79 Å². The van der Waals surface area contributed by atoms with Crippen LogP contribution in [0.4, 0.5) is 0 Å². The normalized spacial score (nSPS) is 10.9. The maximum atomic E-state index is 11.9. The Balaban J connectivity index is 1.69. The molecule has 3 aromatic carbocycles. The molecular formula is C20H17NO. The van der Waals surface area contributed by atoms with Crippen LogP contribution in [0, 0.1) is 0 Å². The van der Waals surface area contributed by atoms with Gasteiger partial charge >= 0.3 is 0 Å². The summed E-state index contributed by atoms with van der Waals surface area (Å²) in [6.45, 7) is 0.541. The lowest BCUT2D eigenvalue weighted by molar-refractivity contribution is -0.116. The molecule has 3 aromatic rings. The average Bonchev–Trinajstić information content (AvgIpc) is 2.59. The van der Waals surface area contributed by atoms with Gasteiger partial charge in [0.05, 0.1) is 0 Å². The van der Waals surface area contributed by atoms with Gasteiger partial charge in [-0.3, -0.25) is 4.79 Å². The van der Waals surface area contributed by atoms with Crippen molar-refractivity contribution < 1.29 is 4.79 Å². The molecule has 22 heavy (non-hydrogen) atoms. The van der Waals surface area contributed by atoms with Gasteiger partial charge in [-0.25, -0.2) is 0 Å². The molecule has 0 spiro atoms. The van der Waals surface area contributed by atoms with Gasteiger partial charge in [0.2, 0.25) is 5.91 Å². The van der Waals surface area contributed by atoms with Crippen molar-refractivity contribution in [2.45, 2.75) is 6.54 Å². The van der Waals surface area contributed by atoms with Crippen LogP contribution >= 0.6 is 0 Å². The molecule has 0 saturated heterocycles. The molecule has 0 radical (unpaired) electrons. The number of benzene rings is 3. The van der Waals surface area contributed by atoms with E-state index in [0.29, 0.717) is 6.54 Å². The molecule has 0 aromatic heterocycles. The number of fused-ring (bicyclic) bond motifs is 1. The summed E-state index contributed by atoms with van der Waals surface area (Å²) in [6, 6.07) is 24.1. The van der Waals surface area contributed by atoms with E-state index in [-0.39, 0.29) is 5.91 Å². The zero-order chi connectivity index (χ0) is 15.2. The van der Waals surface area contributed by atoms with E-state index < -0.39 is 0 Å². The summed E-state index contributed by atoms with van der Waals surface area (Å²) < 4.78 is 0.